The molecule has 0 bridgehead atoms. The second-order valence-corrected chi connectivity index (χ2v) is 2.45. The van der Waals surface area contributed by atoms with Crippen LogP contribution < -0.4 is 0 Å². The molecule has 0 radical (unpaired) electrons. The smallest absolute Gasteiger partial charge is 0.126 e. The zero-order valence-electron chi connectivity index (χ0n) is 5.53. The van der Waals surface area contributed by atoms with Crippen molar-refractivity contribution >= 4 is 0 Å². The first-order valence-corrected chi connectivity index (χ1v) is 3.28. The molecule has 1 heterocycles. The Labute approximate surface area is 58.4 Å². The third-order valence-corrected chi connectivity index (χ3v) is 1.60. The van der Waals surface area contributed by atoms with E-state index in [-0.39, 0.29) is 19.6 Å². The number of rotatable bonds is 1. The van der Waals surface area contributed by atoms with Crippen molar-refractivity contribution < 1.29 is 19.3 Å². The molecule has 3 atom stereocenters. The van der Waals surface area contributed by atoms with Gasteiger partial charge in [0, 0.05) is 6.42 Å². The van der Waals surface area contributed by atoms with Crippen LogP contribution in [-0.4, -0.2) is 41.8 Å². The van der Waals surface area contributed by atoms with Crippen LogP contribution in [0, 0.1) is 0 Å². The van der Waals surface area contributed by atoms with Gasteiger partial charge < -0.3 is 14.9 Å². The fourth-order valence-electron chi connectivity index (χ4n) is 0.995. The lowest BCUT2D eigenvalue weighted by Crippen LogP contribution is -2.41. The Morgan fingerprint density at radius 2 is 2.30 bits per heavy atom. The van der Waals surface area contributed by atoms with Crippen LogP contribution in [0.3, 0.4) is 0 Å². The van der Waals surface area contributed by atoms with Gasteiger partial charge in [-0.05, 0) is 0 Å². The number of aliphatic hydroxyl groups excluding tert-OH is 2. The lowest BCUT2D eigenvalue weighted by Gasteiger charge is -2.28. The van der Waals surface area contributed by atoms with E-state index in [0.29, 0.717) is 0 Å². The first-order chi connectivity index (χ1) is 4.74. The summed E-state index contributed by atoms with van der Waals surface area (Å²) in [5.74, 6) is 0. The molecule has 0 aliphatic carbocycles. The van der Waals surface area contributed by atoms with Crippen molar-refractivity contribution in [2.24, 2.45) is 0 Å². The van der Waals surface area contributed by atoms with Crippen LogP contribution in [0.5, 0.6) is 0 Å². The van der Waals surface area contributed by atoms with Gasteiger partial charge in [-0.15, -0.1) is 0 Å². The standard InChI is InChI=1S/C6H11FO3/c7-4-1-5(9)6(2-8)10-3-4/h4-6,8-9H,1-3H2. The van der Waals surface area contributed by atoms with Gasteiger partial charge >= 0.3 is 0 Å². The summed E-state index contributed by atoms with van der Waals surface area (Å²) in [6.07, 6.45) is -2.45. The summed E-state index contributed by atoms with van der Waals surface area (Å²) in [6.45, 7) is -0.254. The fourth-order valence-corrected chi connectivity index (χ4v) is 0.995. The van der Waals surface area contributed by atoms with Crippen LogP contribution in [-0.2, 0) is 4.74 Å². The van der Waals surface area contributed by atoms with Gasteiger partial charge in [0.25, 0.3) is 0 Å². The highest BCUT2D eigenvalue weighted by Gasteiger charge is 2.28. The molecule has 0 aromatic carbocycles. The third-order valence-electron chi connectivity index (χ3n) is 1.60. The molecule has 0 spiro atoms. The molecule has 60 valence electrons. The van der Waals surface area contributed by atoms with E-state index in [2.05, 4.69) is 0 Å². The molecule has 0 aromatic rings. The van der Waals surface area contributed by atoms with Crippen molar-refractivity contribution in [3.05, 3.63) is 0 Å². The molecule has 1 aliphatic heterocycles. The average Bonchev–Trinajstić information content (AvgIpc) is 1.88. The van der Waals surface area contributed by atoms with Crippen molar-refractivity contribution in [2.45, 2.75) is 24.8 Å². The van der Waals surface area contributed by atoms with Crippen LogP contribution >= 0.6 is 0 Å². The highest BCUT2D eigenvalue weighted by molar-refractivity contribution is 4.77. The summed E-state index contributed by atoms with van der Waals surface area (Å²) >= 11 is 0. The zero-order chi connectivity index (χ0) is 7.56. The van der Waals surface area contributed by atoms with Gasteiger partial charge in [-0.1, -0.05) is 0 Å². The number of alkyl halides is 1. The van der Waals surface area contributed by atoms with Crippen molar-refractivity contribution in [2.75, 3.05) is 13.2 Å². The minimum atomic E-state index is -1.09. The molecule has 3 nitrogen and oxygen atoms in total. The monoisotopic (exact) mass is 150 g/mol. The summed E-state index contributed by atoms with van der Waals surface area (Å²) in [5.41, 5.74) is 0. The van der Waals surface area contributed by atoms with Gasteiger partial charge in [0.15, 0.2) is 0 Å². The molecule has 2 N–H and O–H groups in total. The zero-order valence-corrected chi connectivity index (χ0v) is 5.53. The normalized spacial score (nSPS) is 41.7. The molecule has 10 heavy (non-hydrogen) atoms. The molecule has 1 rings (SSSR count). The summed E-state index contributed by atoms with van der Waals surface area (Å²) in [6, 6.07) is 0. The van der Waals surface area contributed by atoms with Crippen molar-refractivity contribution in [3.8, 4) is 0 Å². The lowest BCUT2D eigenvalue weighted by atomic mass is 10.1. The molecule has 0 amide bonds. The summed E-state index contributed by atoms with van der Waals surface area (Å²) in [7, 11) is 0. The van der Waals surface area contributed by atoms with E-state index in [1.54, 1.807) is 0 Å². The van der Waals surface area contributed by atoms with E-state index in [9.17, 15) is 4.39 Å². The van der Waals surface area contributed by atoms with E-state index in [1.807, 2.05) is 0 Å². The van der Waals surface area contributed by atoms with Crippen LogP contribution in [0.15, 0.2) is 0 Å². The Morgan fingerprint density at radius 3 is 2.80 bits per heavy atom. The van der Waals surface area contributed by atoms with Gasteiger partial charge in [0.05, 0.1) is 19.3 Å². The predicted molar refractivity (Wildman–Crippen MR) is 32.3 cm³/mol. The van der Waals surface area contributed by atoms with Crippen LogP contribution in [0.1, 0.15) is 6.42 Å². The number of aliphatic hydroxyl groups is 2. The largest absolute Gasteiger partial charge is 0.394 e. The second kappa shape index (κ2) is 3.27. The Morgan fingerprint density at radius 1 is 1.60 bits per heavy atom. The summed E-state index contributed by atoms with van der Waals surface area (Å²) in [4.78, 5) is 0. The Bertz CT molecular complexity index is 109. The Kier molecular flexibility index (Phi) is 2.59. The maximum Gasteiger partial charge on any atom is 0.126 e. The maximum absolute atomic E-state index is 12.4. The first-order valence-electron chi connectivity index (χ1n) is 3.28. The van der Waals surface area contributed by atoms with Crippen molar-refractivity contribution in [1.29, 1.82) is 0 Å². The number of halogens is 1. The second-order valence-electron chi connectivity index (χ2n) is 2.45. The van der Waals surface area contributed by atoms with E-state index in [0.717, 1.165) is 0 Å². The molecular weight excluding hydrogens is 139 g/mol. The SMILES string of the molecule is OCC1OCC(F)CC1O. The molecule has 1 fully saturated rings. The van der Waals surface area contributed by atoms with Gasteiger partial charge in [-0.3, -0.25) is 0 Å². The maximum atomic E-state index is 12.4. The van der Waals surface area contributed by atoms with Crippen LogP contribution in [0.25, 0.3) is 0 Å². The quantitative estimate of drug-likeness (QED) is 0.528. The minimum absolute atomic E-state index is 0.0116. The summed E-state index contributed by atoms with van der Waals surface area (Å²) < 4.78 is 17.2. The first kappa shape index (κ1) is 7.91. The molecule has 0 saturated carbocycles. The molecular formula is C6H11FO3. The van der Waals surface area contributed by atoms with Crippen molar-refractivity contribution in [1.82, 2.24) is 0 Å². The molecule has 4 heteroatoms. The Balaban J connectivity index is 2.36. The van der Waals surface area contributed by atoms with Gasteiger partial charge in [0.1, 0.15) is 12.3 Å². The van der Waals surface area contributed by atoms with Crippen LogP contribution in [0.2, 0.25) is 0 Å². The van der Waals surface area contributed by atoms with Crippen molar-refractivity contribution in [3.63, 3.8) is 0 Å². The minimum Gasteiger partial charge on any atom is -0.394 e. The number of hydrogen-bond acceptors (Lipinski definition) is 3. The predicted octanol–water partition coefficient (Wildman–Crippen LogP) is -0.533. The molecule has 0 aromatic heterocycles. The van der Waals surface area contributed by atoms with Crippen LogP contribution in [0.4, 0.5) is 4.39 Å². The lowest BCUT2D eigenvalue weighted by molar-refractivity contribution is -0.120. The van der Waals surface area contributed by atoms with Gasteiger partial charge in [-0.25, -0.2) is 4.39 Å². The molecule has 1 saturated heterocycles. The number of ether oxygens (including phenoxy) is 1. The van der Waals surface area contributed by atoms with E-state index in [4.69, 9.17) is 14.9 Å². The third kappa shape index (κ3) is 1.65. The molecule has 3 unspecified atom stereocenters. The van der Waals surface area contributed by atoms with E-state index >= 15 is 0 Å². The van der Waals surface area contributed by atoms with E-state index in [1.165, 1.54) is 0 Å². The highest BCUT2D eigenvalue weighted by atomic mass is 19.1. The highest BCUT2D eigenvalue weighted by Crippen LogP contribution is 2.15. The molecule has 1 aliphatic rings. The topological polar surface area (TPSA) is 49.7 Å². The Hall–Kier alpha value is -0.190. The van der Waals surface area contributed by atoms with Gasteiger partial charge in [0.2, 0.25) is 0 Å². The fraction of sp³-hybridized carbons (Fsp3) is 1.00. The average molecular weight is 150 g/mol. The van der Waals surface area contributed by atoms with Gasteiger partial charge in [-0.2, -0.15) is 0 Å². The number of hydrogen-bond donors (Lipinski definition) is 2. The summed E-state index contributed by atoms with van der Waals surface area (Å²) in [5, 5.41) is 17.6. The van der Waals surface area contributed by atoms with E-state index < -0.39 is 18.4 Å².